The van der Waals surface area contributed by atoms with Crippen LogP contribution >= 0.6 is 22.9 Å². The van der Waals surface area contributed by atoms with Crippen molar-refractivity contribution in [2.75, 3.05) is 5.32 Å². The Balaban J connectivity index is 1.59. The van der Waals surface area contributed by atoms with Crippen molar-refractivity contribution in [1.29, 1.82) is 5.26 Å². The monoisotopic (exact) mass is 369 g/mol. The molecule has 1 aliphatic rings. The number of hydrogen-bond donors (Lipinski definition) is 1. The van der Waals surface area contributed by atoms with Gasteiger partial charge in [0.25, 0.3) is 5.91 Å². The third kappa shape index (κ3) is 2.82. The van der Waals surface area contributed by atoms with E-state index in [1.807, 2.05) is 12.1 Å². The lowest BCUT2D eigenvalue weighted by Crippen LogP contribution is -2.12. The van der Waals surface area contributed by atoms with E-state index in [0.29, 0.717) is 26.9 Å². The average molecular weight is 370 g/mol. The first-order valence-corrected chi connectivity index (χ1v) is 8.94. The number of rotatable bonds is 3. The Kier molecular flexibility index (Phi) is 4.04. The first kappa shape index (κ1) is 15.9. The number of nitrogens with one attached hydrogen (secondary N) is 1. The second kappa shape index (κ2) is 6.36. The van der Waals surface area contributed by atoms with Crippen LogP contribution in [0.4, 0.5) is 5.00 Å². The van der Waals surface area contributed by atoms with Crippen molar-refractivity contribution in [3.63, 3.8) is 0 Å². The normalized spacial score (nSPS) is 12.6. The predicted molar refractivity (Wildman–Crippen MR) is 96.0 cm³/mol. The van der Waals surface area contributed by atoms with E-state index in [-0.39, 0.29) is 5.69 Å². The summed E-state index contributed by atoms with van der Waals surface area (Å²) in [5.41, 5.74) is 2.45. The Morgan fingerprint density at radius 2 is 2.20 bits per heavy atom. The molecule has 0 bridgehead atoms. The van der Waals surface area contributed by atoms with Crippen LogP contribution in [0.3, 0.4) is 0 Å². The zero-order valence-corrected chi connectivity index (χ0v) is 14.6. The topological polar surface area (TPSA) is 78.9 Å². The summed E-state index contributed by atoms with van der Waals surface area (Å²) in [6.45, 7) is 0. The van der Waals surface area contributed by atoms with Crippen LogP contribution in [0, 0.1) is 11.3 Å². The number of nitriles is 1. The Hall–Kier alpha value is -2.62. The molecular weight excluding hydrogens is 358 g/mol. The maximum atomic E-state index is 12.5. The lowest BCUT2D eigenvalue weighted by molar-refractivity contribution is 0.101. The predicted octanol–water partition coefficient (Wildman–Crippen LogP) is 4.67. The minimum absolute atomic E-state index is 0.146. The van der Waals surface area contributed by atoms with Crippen molar-refractivity contribution in [1.82, 2.24) is 5.16 Å². The highest BCUT2D eigenvalue weighted by Gasteiger charge is 2.24. The Labute approximate surface area is 152 Å². The first-order chi connectivity index (χ1) is 12.2. The molecule has 25 heavy (non-hydrogen) atoms. The van der Waals surface area contributed by atoms with E-state index in [4.69, 9.17) is 16.1 Å². The molecule has 0 aliphatic heterocycles. The van der Waals surface area contributed by atoms with Gasteiger partial charge in [0.05, 0.1) is 10.6 Å². The number of thiophene rings is 1. The van der Waals surface area contributed by atoms with Gasteiger partial charge in [-0.15, -0.1) is 11.3 Å². The number of hydrogen-bond acceptors (Lipinski definition) is 5. The number of aromatic nitrogens is 1. The number of anilines is 1. The smallest absolute Gasteiger partial charge is 0.278 e. The lowest BCUT2D eigenvalue weighted by Gasteiger charge is -2.00. The van der Waals surface area contributed by atoms with Crippen molar-refractivity contribution < 1.29 is 9.32 Å². The van der Waals surface area contributed by atoms with Crippen LogP contribution in [-0.2, 0) is 12.8 Å². The molecule has 4 rings (SSSR count). The minimum atomic E-state index is -0.404. The third-order valence-corrected chi connectivity index (χ3v) is 5.68. The largest absolute Gasteiger partial charge is 0.355 e. The number of benzene rings is 1. The maximum absolute atomic E-state index is 12.5. The number of carbonyl (C=O) groups is 1. The Morgan fingerprint density at radius 1 is 1.36 bits per heavy atom. The van der Waals surface area contributed by atoms with Crippen LogP contribution in [0.1, 0.15) is 32.9 Å². The molecule has 5 nitrogen and oxygen atoms in total. The summed E-state index contributed by atoms with van der Waals surface area (Å²) >= 11 is 7.60. The van der Waals surface area contributed by atoms with Crippen molar-refractivity contribution in [3.05, 3.63) is 57.1 Å². The Morgan fingerprint density at radius 3 is 3.00 bits per heavy atom. The average Bonchev–Trinajstić information content (AvgIpc) is 3.30. The number of nitrogens with zero attached hydrogens (tertiary/aromatic N) is 2. The molecule has 7 heteroatoms. The molecule has 1 N–H and O–H groups in total. The van der Waals surface area contributed by atoms with E-state index in [1.54, 1.807) is 18.2 Å². The fourth-order valence-corrected chi connectivity index (χ4v) is 4.41. The van der Waals surface area contributed by atoms with Gasteiger partial charge in [0.15, 0.2) is 11.5 Å². The van der Waals surface area contributed by atoms with Crippen LogP contribution in [0.15, 0.2) is 34.9 Å². The molecule has 0 fully saturated rings. The fraction of sp³-hybridized carbons (Fsp3) is 0.167. The van der Waals surface area contributed by atoms with Crippen molar-refractivity contribution >= 4 is 33.8 Å². The Bertz CT molecular complexity index is 1020. The van der Waals surface area contributed by atoms with Crippen molar-refractivity contribution in [2.45, 2.75) is 19.3 Å². The summed E-state index contributed by atoms with van der Waals surface area (Å²) in [5.74, 6) is 0.0170. The molecule has 1 amide bonds. The fourth-order valence-electron chi connectivity index (χ4n) is 2.95. The third-order valence-electron chi connectivity index (χ3n) is 4.14. The molecule has 2 heterocycles. The SMILES string of the molecule is N#Cc1c(NC(=O)c2cc(-c3ccccc3Cl)on2)sc2c1CCC2. The molecule has 124 valence electrons. The number of halogens is 1. The van der Waals surface area contributed by atoms with E-state index in [1.165, 1.54) is 16.2 Å². The summed E-state index contributed by atoms with van der Waals surface area (Å²) in [6, 6.07) is 10.9. The second-order valence-corrected chi connectivity index (χ2v) is 7.20. The van der Waals surface area contributed by atoms with Gasteiger partial charge in [-0.2, -0.15) is 5.26 Å². The summed E-state index contributed by atoms with van der Waals surface area (Å²) in [5, 5.41) is 17.1. The molecule has 0 saturated carbocycles. The van der Waals surface area contributed by atoms with Gasteiger partial charge in [0, 0.05) is 16.5 Å². The number of carbonyl (C=O) groups excluding carboxylic acids is 1. The first-order valence-electron chi connectivity index (χ1n) is 7.75. The van der Waals surface area contributed by atoms with Crippen LogP contribution in [-0.4, -0.2) is 11.1 Å². The van der Waals surface area contributed by atoms with Crippen LogP contribution in [0.25, 0.3) is 11.3 Å². The number of fused-ring (bicyclic) bond motifs is 1. The molecule has 0 saturated heterocycles. The molecule has 0 spiro atoms. The zero-order valence-electron chi connectivity index (χ0n) is 13.0. The van der Waals surface area contributed by atoms with E-state index in [0.717, 1.165) is 24.8 Å². The quantitative estimate of drug-likeness (QED) is 0.727. The highest BCUT2D eigenvalue weighted by molar-refractivity contribution is 7.16. The maximum Gasteiger partial charge on any atom is 0.278 e. The van der Waals surface area contributed by atoms with Crippen molar-refractivity contribution in [2.24, 2.45) is 0 Å². The standard InChI is InChI=1S/C18H12ClN3O2S/c19-13-6-2-1-4-11(13)15-8-14(22-24-15)17(23)21-18-12(9-20)10-5-3-7-16(10)25-18/h1-2,4,6,8H,3,5,7H2,(H,21,23). The molecule has 0 unspecified atom stereocenters. The minimum Gasteiger partial charge on any atom is -0.355 e. The van der Waals surface area contributed by atoms with Gasteiger partial charge in [-0.3, -0.25) is 4.79 Å². The highest BCUT2D eigenvalue weighted by Crippen LogP contribution is 2.38. The van der Waals surface area contributed by atoms with Gasteiger partial charge in [-0.25, -0.2) is 0 Å². The van der Waals surface area contributed by atoms with Crippen LogP contribution in [0.5, 0.6) is 0 Å². The zero-order chi connectivity index (χ0) is 17.4. The summed E-state index contributed by atoms with van der Waals surface area (Å²) in [7, 11) is 0. The van der Waals surface area contributed by atoms with Crippen LogP contribution < -0.4 is 5.32 Å². The van der Waals surface area contributed by atoms with E-state index < -0.39 is 5.91 Å². The molecular formula is C18H12ClN3O2S. The van der Waals surface area contributed by atoms with Gasteiger partial charge in [-0.05, 0) is 37.0 Å². The molecule has 0 radical (unpaired) electrons. The molecule has 0 atom stereocenters. The van der Waals surface area contributed by atoms with Crippen LogP contribution in [0.2, 0.25) is 5.02 Å². The molecule has 3 aromatic rings. The highest BCUT2D eigenvalue weighted by atomic mass is 35.5. The molecule has 2 aromatic heterocycles. The molecule has 1 aliphatic carbocycles. The van der Waals surface area contributed by atoms with Gasteiger partial charge in [0.2, 0.25) is 0 Å². The van der Waals surface area contributed by atoms with Gasteiger partial charge in [0.1, 0.15) is 11.1 Å². The molecule has 1 aromatic carbocycles. The van der Waals surface area contributed by atoms with E-state index in [2.05, 4.69) is 16.5 Å². The van der Waals surface area contributed by atoms with Crippen molar-refractivity contribution in [3.8, 4) is 17.4 Å². The van der Waals surface area contributed by atoms with E-state index >= 15 is 0 Å². The number of amides is 1. The summed E-state index contributed by atoms with van der Waals surface area (Å²) in [4.78, 5) is 13.7. The lowest BCUT2D eigenvalue weighted by atomic mass is 10.1. The summed E-state index contributed by atoms with van der Waals surface area (Å²) in [6.07, 6.45) is 2.92. The van der Waals surface area contributed by atoms with E-state index in [9.17, 15) is 10.1 Å². The number of aryl methyl sites for hydroxylation is 1. The van der Waals surface area contributed by atoms with Gasteiger partial charge >= 0.3 is 0 Å². The summed E-state index contributed by atoms with van der Waals surface area (Å²) < 4.78 is 5.25. The van der Waals surface area contributed by atoms with Gasteiger partial charge < -0.3 is 9.84 Å². The second-order valence-electron chi connectivity index (χ2n) is 5.68. The van der Waals surface area contributed by atoms with Gasteiger partial charge in [-0.1, -0.05) is 28.9 Å².